The molecule has 1 aliphatic rings. The number of esters is 1. The Hall–Kier alpha value is -1.92. The smallest absolute Gasteiger partial charge is 0.328 e. The number of amides is 1. The maximum absolute atomic E-state index is 12.3. The fourth-order valence-corrected chi connectivity index (χ4v) is 3.28. The van der Waals surface area contributed by atoms with Gasteiger partial charge in [-0.3, -0.25) is 9.69 Å². The van der Waals surface area contributed by atoms with Crippen LogP contribution in [-0.4, -0.2) is 34.2 Å². The van der Waals surface area contributed by atoms with Crippen molar-refractivity contribution >= 4 is 46.3 Å². The van der Waals surface area contributed by atoms with Gasteiger partial charge < -0.3 is 4.74 Å². The topological polar surface area (TPSA) is 46.6 Å². The summed E-state index contributed by atoms with van der Waals surface area (Å²) in [4.78, 5) is 25.7. The minimum Gasteiger partial charge on any atom is -0.467 e. The van der Waals surface area contributed by atoms with E-state index in [-0.39, 0.29) is 5.91 Å². The van der Waals surface area contributed by atoms with Crippen LogP contribution in [0.5, 0.6) is 0 Å². The maximum Gasteiger partial charge on any atom is 0.328 e. The lowest BCUT2D eigenvalue weighted by atomic mass is 10.2. The molecule has 2 rings (SSSR count). The molecule has 0 saturated carbocycles. The summed E-state index contributed by atoms with van der Waals surface area (Å²) in [5.41, 5.74) is 1.04. The lowest BCUT2D eigenvalue weighted by Gasteiger charge is -2.20. The molecule has 1 heterocycles. The molecule has 0 N–H and O–H groups in total. The summed E-state index contributed by atoms with van der Waals surface area (Å²) in [6.07, 6.45) is 5.40. The molecule has 0 aromatic heterocycles. The number of carbonyl (C=O) groups is 2. The van der Waals surface area contributed by atoms with Crippen LogP contribution in [0.15, 0.2) is 47.4 Å². The van der Waals surface area contributed by atoms with Gasteiger partial charge in [-0.15, -0.1) is 0 Å². The quantitative estimate of drug-likeness (QED) is 0.481. The third kappa shape index (κ3) is 3.64. The lowest BCUT2D eigenvalue weighted by molar-refractivity contribution is -0.147. The zero-order valence-electron chi connectivity index (χ0n) is 12.2. The normalized spacial score (nSPS) is 18.3. The summed E-state index contributed by atoms with van der Waals surface area (Å²) in [7, 11) is 1.29. The van der Waals surface area contributed by atoms with Crippen molar-refractivity contribution in [3.05, 3.63) is 53.0 Å². The molecule has 1 aromatic rings. The highest BCUT2D eigenvalue weighted by Crippen LogP contribution is 2.32. The van der Waals surface area contributed by atoms with Gasteiger partial charge in [0.15, 0.2) is 0 Å². The van der Waals surface area contributed by atoms with Gasteiger partial charge in [-0.1, -0.05) is 66.5 Å². The van der Waals surface area contributed by atoms with Gasteiger partial charge in [-0.05, 0) is 18.6 Å². The summed E-state index contributed by atoms with van der Waals surface area (Å²) in [6, 6.07) is 9.04. The second-order valence-corrected chi connectivity index (χ2v) is 6.22. The van der Waals surface area contributed by atoms with Crippen molar-refractivity contribution < 1.29 is 14.3 Å². The highest BCUT2D eigenvalue weighted by molar-refractivity contribution is 8.26. The summed E-state index contributed by atoms with van der Waals surface area (Å²) in [5.74, 6) is -0.761. The van der Waals surface area contributed by atoms with E-state index in [2.05, 4.69) is 4.74 Å². The van der Waals surface area contributed by atoms with E-state index >= 15 is 0 Å². The molecule has 4 nitrogen and oxygen atoms in total. The maximum atomic E-state index is 12.3. The predicted molar refractivity (Wildman–Crippen MR) is 92.1 cm³/mol. The number of thioether (sulfide) groups is 1. The zero-order chi connectivity index (χ0) is 16.1. The molecular weight excluding hydrogens is 318 g/mol. The molecule has 22 heavy (non-hydrogen) atoms. The first-order valence-electron chi connectivity index (χ1n) is 6.61. The number of rotatable bonds is 4. The standard InChI is InChI=1S/C16H15NO3S2/c1-11(15(19)20-2)17-14(18)13(22-16(17)21)10-6-9-12-7-4-3-5-8-12/h3-11H,1-2H3/b9-6-,13-10-/t11-/m0/s1. The van der Waals surface area contributed by atoms with Crippen molar-refractivity contribution in [1.29, 1.82) is 0 Å². The first-order valence-corrected chi connectivity index (χ1v) is 7.83. The number of thiocarbonyl (C=S) groups is 1. The van der Waals surface area contributed by atoms with E-state index in [1.165, 1.54) is 23.8 Å². The number of hydrogen-bond donors (Lipinski definition) is 0. The van der Waals surface area contributed by atoms with Crippen LogP contribution in [0.2, 0.25) is 0 Å². The minimum absolute atomic E-state index is 0.273. The van der Waals surface area contributed by atoms with Gasteiger partial charge in [0.25, 0.3) is 5.91 Å². The van der Waals surface area contributed by atoms with E-state index in [0.29, 0.717) is 9.23 Å². The van der Waals surface area contributed by atoms with Gasteiger partial charge in [0.05, 0.1) is 12.0 Å². The number of methoxy groups -OCH3 is 1. The molecule has 1 amide bonds. The van der Waals surface area contributed by atoms with E-state index in [4.69, 9.17) is 12.2 Å². The van der Waals surface area contributed by atoms with Gasteiger partial charge in [0.2, 0.25) is 0 Å². The summed E-state index contributed by atoms with van der Waals surface area (Å²) >= 11 is 6.36. The predicted octanol–water partition coefficient (Wildman–Crippen LogP) is 3.01. The number of carbonyl (C=O) groups excluding carboxylic acids is 2. The monoisotopic (exact) mass is 333 g/mol. The summed E-state index contributed by atoms with van der Waals surface area (Å²) in [5, 5.41) is 0. The van der Waals surface area contributed by atoms with E-state index < -0.39 is 12.0 Å². The molecule has 0 bridgehead atoms. The molecule has 1 saturated heterocycles. The number of allylic oxidation sites excluding steroid dienone is 2. The molecule has 0 radical (unpaired) electrons. The van der Waals surface area contributed by atoms with Crippen molar-refractivity contribution in [1.82, 2.24) is 4.90 Å². The van der Waals surface area contributed by atoms with E-state index in [1.54, 1.807) is 19.1 Å². The lowest BCUT2D eigenvalue weighted by Crippen LogP contribution is -2.42. The molecule has 6 heteroatoms. The average molecular weight is 333 g/mol. The Morgan fingerprint density at radius 1 is 1.36 bits per heavy atom. The minimum atomic E-state index is -0.721. The second kappa shape index (κ2) is 7.38. The zero-order valence-corrected chi connectivity index (χ0v) is 13.8. The van der Waals surface area contributed by atoms with Crippen LogP contribution in [0, 0.1) is 0 Å². The van der Waals surface area contributed by atoms with E-state index in [0.717, 1.165) is 5.56 Å². The van der Waals surface area contributed by atoms with Crippen LogP contribution in [-0.2, 0) is 14.3 Å². The van der Waals surface area contributed by atoms with Gasteiger partial charge >= 0.3 is 5.97 Å². The molecule has 0 aliphatic carbocycles. The first-order chi connectivity index (χ1) is 10.5. The fourth-order valence-electron chi connectivity index (χ4n) is 1.91. The molecule has 1 aromatic carbocycles. The molecular formula is C16H15NO3S2. The third-order valence-corrected chi connectivity index (χ3v) is 4.44. The molecule has 1 fully saturated rings. The highest BCUT2D eigenvalue weighted by Gasteiger charge is 2.38. The van der Waals surface area contributed by atoms with Crippen LogP contribution in [0.3, 0.4) is 0 Å². The van der Waals surface area contributed by atoms with Gasteiger partial charge in [-0.2, -0.15) is 0 Å². The Labute approximate surface area is 138 Å². The molecule has 1 atom stereocenters. The van der Waals surface area contributed by atoms with Crippen LogP contribution < -0.4 is 0 Å². The molecule has 114 valence electrons. The van der Waals surface area contributed by atoms with Crippen molar-refractivity contribution in [2.75, 3.05) is 7.11 Å². The van der Waals surface area contributed by atoms with Crippen LogP contribution in [0.25, 0.3) is 6.08 Å². The largest absolute Gasteiger partial charge is 0.467 e. The highest BCUT2D eigenvalue weighted by atomic mass is 32.2. The van der Waals surface area contributed by atoms with Crippen molar-refractivity contribution in [2.45, 2.75) is 13.0 Å². The number of benzene rings is 1. The van der Waals surface area contributed by atoms with Crippen LogP contribution >= 0.6 is 24.0 Å². The van der Waals surface area contributed by atoms with Crippen LogP contribution in [0.4, 0.5) is 0 Å². The molecule has 1 aliphatic heterocycles. The van der Waals surface area contributed by atoms with Gasteiger partial charge in [0.1, 0.15) is 10.4 Å². The van der Waals surface area contributed by atoms with Gasteiger partial charge in [-0.25, -0.2) is 4.79 Å². The molecule has 0 spiro atoms. The van der Waals surface area contributed by atoms with Crippen molar-refractivity contribution in [2.24, 2.45) is 0 Å². The fraction of sp³-hybridized carbons (Fsp3) is 0.188. The Bertz CT molecular complexity index is 653. The Balaban J connectivity index is 2.12. The third-order valence-electron chi connectivity index (χ3n) is 3.09. The van der Waals surface area contributed by atoms with E-state index in [1.807, 2.05) is 36.4 Å². The van der Waals surface area contributed by atoms with E-state index in [9.17, 15) is 9.59 Å². The van der Waals surface area contributed by atoms with Crippen molar-refractivity contribution in [3.63, 3.8) is 0 Å². The first kappa shape index (κ1) is 16.5. The average Bonchev–Trinajstić information content (AvgIpc) is 2.81. The van der Waals surface area contributed by atoms with Crippen molar-refractivity contribution in [3.8, 4) is 0 Å². The number of hydrogen-bond acceptors (Lipinski definition) is 5. The second-order valence-electron chi connectivity index (χ2n) is 4.54. The summed E-state index contributed by atoms with van der Waals surface area (Å²) < 4.78 is 5.02. The summed E-state index contributed by atoms with van der Waals surface area (Å²) in [6.45, 7) is 1.60. The van der Waals surface area contributed by atoms with Crippen LogP contribution in [0.1, 0.15) is 12.5 Å². The Kier molecular flexibility index (Phi) is 5.51. The Morgan fingerprint density at radius 3 is 2.68 bits per heavy atom. The molecule has 0 unspecified atom stereocenters. The number of nitrogens with zero attached hydrogens (tertiary/aromatic N) is 1. The Morgan fingerprint density at radius 2 is 2.05 bits per heavy atom. The number of ether oxygens (including phenoxy) is 1. The SMILES string of the molecule is COC(=O)[C@H](C)N1C(=O)/C(=C/C=C\c2ccccc2)SC1=S. The van der Waals surface area contributed by atoms with Gasteiger partial charge in [0, 0.05) is 0 Å².